The van der Waals surface area contributed by atoms with Crippen molar-refractivity contribution in [1.82, 2.24) is 0 Å². The van der Waals surface area contributed by atoms with Crippen molar-refractivity contribution in [3.05, 3.63) is 65.2 Å². The van der Waals surface area contributed by atoms with Crippen molar-refractivity contribution in [3.8, 4) is 11.8 Å². The molecule has 0 spiro atoms. The van der Waals surface area contributed by atoms with Gasteiger partial charge in [-0.05, 0) is 30.2 Å². The van der Waals surface area contributed by atoms with E-state index in [-0.39, 0.29) is 0 Å². The molecule has 2 aromatic rings. The monoisotopic (exact) mass is 221 g/mol. The van der Waals surface area contributed by atoms with Crippen LogP contribution in [0.1, 0.15) is 23.6 Å². The molecular formula is C16H15N. The number of hydrogen-bond donors (Lipinski definition) is 1. The van der Waals surface area contributed by atoms with Crippen LogP contribution in [0.5, 0.6) is 0 Å². The van der Waals surface area contributed by atoms with Crippen LogP contribution in [0.4, 0.5) is 5.69 Å². The quantitative estimate of drug-likeness (QED) is 0.580. The number of nitrogens with two attached hydrogens (primary N) is 1. The molecule has 84 valence electrons. The lowest BCUT2D eigenvalue weighted by Crippen LogP contribution is -1.89. The zero-order chi connectivity index (χ0) is 12.1. The van der Waals surface area contributed by atoms with Crippen LogP contribution in [-0.2, 0) is 6.42 Å². The second-order valence-corrected chi connectivity index (χ2v) is 3.85. The number of para-hydroxylation sites is 1. The maximum atomic E-state index is 5.85. The second-order valence-electron chi connectivity index (χ2n) is 3.85. The van der Waals surface area contributed by atoms with Gasteiger partial charge in [-0.15, -0.1) is 0 Å². The number of benzene rings is 2. The standard InChI is InChI=1S/C16H15N/c1-2-13-7-3-4-8-14(13)11-12-15-9-5-6-10-16(15)17/h3-10H,2,17H2,1H3. The van der Waals surface area contributed by atoms with Gasteiger partial charge in [0.1, 0.15) is 0 Å². The van der Waals surface area contributed by atoms with Gasteiger partial charge in [0.25, 0.3) is 0 Å². The molecule has 1 heteroatoms. The summed E-state index contributed by atoms with van der Waals surface area (Å²) in [5, 5.41) is 0. The van der Waals surface area contributed by atoms with Crippen molar-refractivity contribution in [2.45, 2.75) is 13.3 Å². The van der Waals surface area contributed by atoms with Crippen LogP contribution in [0, 0.1) is 11.8 Å². The van der Waals surface area contributed by atoms with Crippen LogP contribution in [0.3, 0.4) is 0 Å². The average Bonchev–Trinajstić information content (AvgIpc) is 2.38. The predicted molar refractivity (Wildman–Crippen MR) is 72.7 cm³/mol. The van der Waals surface area contributed by atoms with Crippen molar-refractivity contribution in [2.24, 2.45) is 0 Å². The summed E-state index contributed by atoms with van der Waals surface area (Å²) in [7, 11) is 0. The minimum absolute atomic E-state index is 0.731. The predicted octanol–water partition coefficient (Wildman–Crippen LogP) is 3.23. The second kappa shape index (κ2) is 5.23. The molecule has 0 amide bonds. The molecule has 0 saturated heterocycles. The van der Waals surface area contributed by atoms with E-state index in [0.717, 1.165) is 23.2 Å². The number of rotatable bonds is 1. The Morgan fingerprint density at radius 1 is 0.882 bits per heavy atom. The Hall–Kier alpha value is -2.20. The van der Waals surface area contributed by atoms with Crippen molar-refractivity contribution >= 4 is 5.69 Å². The van der Waals surface area contributed by atoms with Crippen molar-refractivity contribution < 1.29 is 0 Å². The highest BCUT2D eigenvalue weighted by Gasteiger charge is 1.96. The lowest BCUT2D eigenvalue weighted by atomic mass is 10.1. The van der Waals surface area contributed by atoms with Crippen LogP contribution in [0.2, 0.25) is 0 Å². The van der Waals surface area contributed by atoms with Crippen LogP contribution < -0.4 is 5.73 Å². The van der Waals surface area contributed by atoms with Gasteiger partial charge in [-0.1, -0.05) is 49.1 Å². The summed E-state index contributed by atoms with van der Waals surface area (Å²) in [5.41, 5.74) is 9.83. The summed E-state index contributed by atoms with van der Waals surface area (Å²) in [4.78, 5) is 0. The summed E-state index contributed by atoms with van der Waals surface area (Å²) < 4.78 is 0. The largest absolute Gasteiger partial charge is 0.398 e. The fraction of sp³-hybridized carbons (Fsp3) is 0.125. The van der Waals surface area contributed by atoms with Crippen LogP contribution in [0.25, 0.3) is 0 Å². The van der Waals surface area contributed by atoms with Gasteiger partial charge in [0.2, 0.25) is 0 Å². The maximum Gasteiger partial charge on any atom is 0.0478 e. The van der Waals surface area contributed by atoms with Gasteiger partial charge in [0, 0.05) is 16.8 Å². The van der Waals surface area contributed by atoms with Crippen LogP contribution in [-0.4, -0.2) is 0 Å². The highest BCUT2D eigenvalue weighted by molar-refractivity contribution is 5.57. The third-order valence-electron chi connectivity index (χ3n) is 2.69. The highest BCUT2D eigenvalue weighted by Crippen LogP contribution is 2.11. The minimum Gasteiger partial charge on any atom is -0.398 e. The van der Waals surface area contributed by atoms with E-state index in [0.29, 0.717) is 0 Å². The van der Waals surface area contributed by atoms with E-state index >= 15 is 0 Å². The lowest BCUT2D eigenvalue weighted by molar-refractivity contribution is 1.13. The molecule has 17 heavy (non-hydrogen) atoms. The van der Waals surface area contributed by atoms with Gasteiger partial charge in [0.15, 0.2) is 0 Å². The van der Waals surface area contributed by atoms with Gasteiger partial charge >= 0.3 is 0 Å². The van der Waals surface area contributed by atoms with Gasteiger partial charge in [0.05, 0.1) is 0 Å². The van der Waals surface area contributed by atoms with Gasteiger partial charge in [-0.3, -0.25) is 0 Å². The Morgan fingerprint density at radius 2 is 1.47 bits per heavy atom. The number of anilines is 1. The van der Waals surface area contributed by atoms with Crippen LogP contribution >= 0.6 is 0 Å². The zero-order valence-electron chi connectivity index (χ0n) is 9.90. The first kappa shape index (κ1) is 11.3. The van der Waals surface area contributed by atoms with E-state index in [1.54, 1.807) is 0 Å². The number of aryl methyl sites for hydroxylation is 1. The third-order valence-corrected chi connectivity index (χ3v) is 2.69. The fourth-order valence-electron chi connectivity index (χ4n) is 1.70. The smallest absolute Gasteiger partial charge is 0.0478 e. The molecule has 0 fully saturated rings. The molecule has 2 aromatic carbocycles. The topological polar surface area (TPSA) is 26.0 Å². The Bertz CT molecular complexity index is 573. The zero-order valence-corrected chi connectivity index (χ0v) is 9.90. The van der Waals surface area contributed by atoms with Gasteiger partial charge in [-0.2, -0.15) is 0 Å². The first-order valence-electron chi connectivity index (χ1n) is 5.75. The third kappa shape index (κ3) is 2.68. The van der Waals surface area contributed by atoms with E-state index in [1.165, 1.54) is 5.56 Å². The Morgan fingerprint density at radius 3 is 2.18 bits per heavy atom. The number of nitrogen functional groups attached to an aromatic ring is 1. The molecule has 0 heterocycles. The van der Waals surface area contributed by atoms with E-state index in [2.05, 4.69) is 24.8 Å². The molecular weight excluding hydrogens is 206 g/mol. The van der Waals surface area contributed by atoms with E-state index < -0.39 is 0 Å². The molecule has 1 nitrogen and oxygen atoms in total. The first-order chi connectivity index (χ1) is 8.31. The molecule has 0 aliphatic heterocycles. The molecule has 0 bridgehead atoms. The maximum absolute atomic E-state index is 5.85. The molecule has 0 aliphatic rings. The molecule has 0 atom stereocenters. The molecule has 2 rings (SSSR count). The molecule has 0 aromatic heterocycles. The lowest BCUT2D eigenvalue weighted by Gasteiger charge is -1.99. The van der Waals surface area contributed by atoms with Gasteiger partial charge < -0.3 is 5.73 Å². The summed E-state index contributed by atoms with van der Waals surface area (Å²) in [6.45, 7) is 2.14. The molecule has 0 saturated carbocycles. The van der Waals surface area contributed by atoms with Crippen molar-refractivity contribution in [3.63, 3.8) is 0 Å². The first-order valence-corrected chi connectivity index (χ1v) is 5.75. The SMILES string of the molecule is CCc1ccccc1C#Cc1ccccc1N. The fourth-order valence-corrected chi connectivity index (χ4v) is 1.70. The van der Waals surface area contributed by atoms with Crippen molar-refractivity contribution in [2.75, 3.05) is 5.73 Å². The average molecular weight is 221 g/mol. The van der Waals surface area contributed by atoms with Crippen LogP contribution in [0.15, 0.2) is 48.5 Å². The van der Waals surface area contributed by atoms with E-state index in [1.807, 2.05) is 42.5 Å². The molecule has 0 radical (unpaired) electrons. The minimum atomic E-state index is 0.731. The highest BCUT2D eigenvalue weighted by atomic mass is 14.5. The molecule has 0 unspecified atom stereocenters. The summed E-state index contributed by atoms with van der Waals surface area (Å²) >= 11 is 0. The molecule has 2 N–H and O–H groups in total. The van der Waals surface area contributed by atoms with E-state index in [4.69, 9.17) is 5.73 Å². The summed E-state index contributed by atoms with van der Waals surface area (Å²) in [5.74, 6) is 6.32. The number of hydrogen-bond acceptors (Lipinski definition) is 1. The molecule has 0 aliphatic carbocycles. The Balaban J connectivity index is 2.37. The van der Waals surface area contributed by atoms with Crippen molar-refractivity contribution in [1.29, 1.82) is 0 Å². The summed E-state index contributed by atoms with van der Waals surface area (Å²) in [6, 6.07) is 15.9. The van der Waals surface area contributed by atoms with E-state index in [9.17, 15) is 0 Å². The summed E-state index contributed by atoms with van der Waals surface area (Å²) in [6.07, 6.45) is 0.995. The Kier molecular flexibility index (Phi) is 3.47. The Labute approximate surface area is 102 Å². The normalized spacial score (nSPS) is 9.47. The van der Waals surface area contributed by atoms with Gasteiger partial charge in [-0.25, -0.2) is 0 Å².